The largest absolute Gasteiger partial charge is 1.00 e. The molecule has 0 amide bonds. The molecule has 1 fully saturated rings. The van der Waals surface area contributed by atoms with Gasteiger partial charge >= 0.3 is 0 Å². The molecule has 1 aliphatic carbocycles. The van der Waals surface area contributed by atoms with Crippen LogP contribution in [0.1, 0.15) is 54.9 Å². The maximum absolute atomic E-state index is 12.0. The monoisotopic (exact) mass is 498 g/mol. The lowest BCUT2D eigenvalue weighted by molar-refractivity contribution is -0.904. The van der Waals surface area contributed by atoms with Gasteiger partial charge in [-0.1, -0.05) is 79.9 Å². The molecule has 1 unspecified atom stereocenters. The molecule has 5 heteroatoms. The summed E-state index contributed by atoms with van der Waals surface area (Å²) in [5, 5.41) is 12.0. The van der Waals surface area contributed by atoms with E-state index in [0.717, 1.165) is 61.0 Å². The molecule has 4 nitrogen and oxygen atoms in total. The summed E-state index contributed by atoms with van der Waals surface area (Å²) in [6.45, 7) is 1.75. The third kappa shape index (κ3) is 5.69. The van der Waals surface area contributed by atoms with Crippen LogP contribution in [0, 0.1) is 5.92 Å². The second kappa shape index (κ2) is 10.8. The van der Waals surface area contributed by atoms with Gasteiger partial charge in [0.05, 0.1) is 26.8 Å². The summed E-state index contributed by atoms with van der Waals surface area (Å²) < 4.78 is 7.07. The minimum absolute atomic E-state index is 0. The molecule has 1 saturated carbocycles. The fourth-order valence-corrected chi connectivity index (χ4v) is 4.88. The Morgan fingerprint density at radius 1 is 0.969 bits per heavy atom. The van der Waals surface area contributed by atoms with E-state index < -0.39 is 5.60 Å². The molecule has 32 heavy (non-hydrogen) atoms. The van der Waals surface area contributed by atoms with Crippen molar-refractivity contribution in [3.8, 4) is 0 Å². The normalized spacial score (nSPS) is 16.8. The van der Waals surface area contributed by atoms with E-state index in [1.807, 2.05) is 36.5 Å². The smallest absolute Gasteiger partial charge is 0.231 e. The first-order valence-electron chi connectivity index (χ1n) is 11.6. The zero-order valence-electron chi connectivity index (χ0n) is 19.2. The third-order valence-corrected chi connectivity index (χ3v) is 6.72. The Hall–Kier alpha value is -1.95. The van der Waals surface area contributed by atoms with Gasteiger partial charge in [-0.05, 0) is 24.0 Å². The molecule has 0 aliphatic heterocycles. The molecule has 1 aromatic heterocycles. The number of aliphatic hydroxyl groups is 1. The number of benzene rings is 2. The quantitative estimate of drug-likeness (QED) is 0.484. The Morgan fingerprint density at radius 3 is 2.25 bits per heavy atom. The van der Waals surface area contributed by atoms with E-state index in [1.54, 1.807) is 0 Å². The Morgan fingerprint density at radius 2 is 1.59 bits per heavy atom. The highest BCUT2D eigenvalue weighted by Gasteiger charge is 2.44. The number of aromatic nitrogens is 1. The lowest BCUT2D eigenvalue weighted by Crippen LogP contribution is -3.00. The molecule has 0 radical (unpaired) electrons. The second-order valence-corrected chi connectivity index (χ2v) is 9.65. The van der Waals surface area contributed by atoms with Crippen LogP contribution in [0.5, 0.6) is 0 Å². The fraction of sp³-hybridized carbons (Fsp3) is 0.444. The van der Waals surface area contributed by atoms with E-state index in [1.165, 1.54) is 12.0 Å². The molecule has 0 saturated heterocycles. The SMILES string of the molecule is C[N+](C)(CCc1ccccc1)Cc1cnc(C(O)(c2ccccc2)C2CCCCC2)o1.[Br-]. The Balaban J connectivity index is 0.00000289. The molecule has 1 aliphatic rings. The highest BCUT2D eigenvalue weighted by Crippen LogP contribution is 2.43. The minimum atomic E-state index is -1.17. The van der Waals surface area contributed by atoms with Crippen LogP contribution < -0.4 is 17.0 Å². The first kappa shape index (κ1) is 24.7. The minimum Gasteiger partial charge on any atom is -1.00 e. The predicted octanol–water partition coefficient (Wildman–Crippen LogP) is 2.31. The Kier molecular flexibility index (Phi) is 8.32. The average molecular weight is 499 g/mol. The fourth-order valence-electron chi connectivity index (χ4n) is 4.88. The number of nitrogens with zero attached hydrogens (tertiary/aromatic N) is 2. The molecule has 1 heterocycles. The summed E-state index contributed by atoms with van der Waals surface area (Å²) in [5.74, 6) is 1.41. The van der Waals surface area contributed by atoms with E-state index in [4.69, 9.17) is 4.42 Å². The van der Waals surface area contributed by atoms with Crippen molar-refractivity contribution < 1.29 is 31.0 Å². The van der Waals surface area contributed by atoms with Crippen molar-refractivity contribution in [1.82, 2.24) is 4.98 Å². The van der Waals surface area contributed by atoms with E-state index in [0.29, 0.717) is 5.89 Å². The van der Waals surface area contributed by atoms with Gasteiger partial charge in [-0.3, -0.25) is 0 Å². The van der Waals surface area contributed by atoms with Crippen LogP contribution in [0.25, 0.3) is 0 Å². The van der Waals surface area contributed by atoms with Crippen molar-refractivity contribution in [2.45, 2.75) is 50.7 Å². The van der Waals surface area contributed by atoms with Gasteiger partial charge in [-0.2, -0.15) is 0 Å². The van der Waals surface area contributed by atoms with Gasteiger partial charge in [-0.15, -0.1) is 0 Å². The number of hydrogen-bond donors (Lipinski definition) is 1. The van der Waals surface area contributed by atoms with Crippen molar-refractivity contribution in [2.75, 3.05) is 20.6 Å². The van der Waals surface area contributed by atoms with Crippen LogP contribution in [0.3, 0.4) is 0 Å². The number of quaternary nitrogens is 1. The van der Waals surface area contributed by atoms with Crippen LogP contribution >= 0.6 is 0 Å². The van der Waals surface area contributed by atoms with Gasteiger partial charge in [0, 0.05) is 12.3 Å². The topological polar surface area (TPSA) is 46.3 Å². The molecule has 2 aromatic carbocycles. The highest BCUT2D eigenvalue weighted by atomic mass is 79.9. The molecule has 0 spiro atoms. The molecule has 172 valence electrons. The standard InChI is InChI=1S/C27H35N2O2.BrH/c1-29(2,19-18-22-12-6-3-7-13-22)21-25-20-28-26(31-25)27(30,23-14-8-4-9-15-23)24-16-10-5-11-17-24;/h3-4,6-9,12-15,20,24,30H,5,10-11,16-19,21H2,1-2H3;1H/q+1;/p-1. The van der Waals surface area contributed by atoms with Gasteiger partial charge in [0.25, 0.3) is 0 Å². The van der Waals surface area contributed by atoms with Crippen LogP contribution in [-0.4, -0.2) is 35.2 Å². The average Bonchev–Trinajstić information content (AvgIpc) is 3.27. The van der Waals surface area contributed by atoms with Crippen molar-refractivity contribution in [2.24, 2.45) is 5.92 Å². The number of likely N-dealkylation sites (N-methyl/N-ethyl adjacent to an activating group) is 1. The molecule has 0 bridgehead atoms. The van der Waals surface area contributed by atoms with Gasteiger partial charge < -0.3 is 31.0 Å². The number of oxazole rings is 1. The Bertz CT molecular complexity index is 952. The molecule has 4 rings (SSSR count). The summed E-state index contributed by atoms with van der Waals surface area (Å²) in [6.07, 6.45) is 8.38. The van der Waals surface area contributed by atoms with Crippen LogP contribution in [-0.2, 0) is 18.6 Å². The summed E-state index contributed by atoms with van der Waals surface area (Å²) in [4.78, 5) is 4.62. The lowest BCUT2D eigenvalue weighted by atomic mass is 9.73. The number of rotatable bonds is 8. The molecule has 1 N–H and O–H groups in total. The van der Waals surface area contributed by atoms with E-state index in [-0.39, 0.29) is 22.9 Å². The molecule has 3 aromatic rings. The Labute approximate surface area is 202 Å². The van der Waals surface area contributed by atoms with Crippen molar-refractivity contribution in [3.05, 3.63) is 89.6 Å². The van der Waals surface area contributed by atoms with Crippen LogP contribution in [0.2, 0.25) is 0 Å². The van der Waals surface area contributed by atoms with E-state index in [9.17, 15) is 5.11 Å². The summed E-state index contributed by atoms with van der Waals surface area (Å²) in [5.41, 5.74) is 1.07. The summed E-state index contributed by atoms with van der Waals surface area (Å²) in [7, 11) is 4.44. The van der Waals surface area contributed by atoms with Gasteiger partial charge in [0.2, 0.25) is 5.89 Å². The second-order valence-electron chi connectivity index (χ2n) is 9.65. The van der Waals surface area contributed by atoms with Gasteiger partial charge in [0.15, 0.2) is 11.4 Å². The van der Waals surface area contributed by atoms with Crippen LogP contribution in [0.4, 0.5) is 0 Å². The maximum atomic E-state index is 12.0. The first-order chi connectivity index (χ1) is 15.0. The molecular weight excluding hydrogens is 464 g/mol. The summed E-state index contributed by atoms with van der Waals surface area (Å²) >= 11 is 0. The van der Waals surface area contributed by atoms with Gasteiger partial charge in [-0.25, -0.2) is 4.98 Å². The van der Waals surface area contributed by atoms with E-state index in [2.05, 4.69) is 49.4 Å². The molecular formula is C27H35BrN2O2. The zero-order chi connectivity index (χ0) is 21.7. The van der Waals surface area contributed by atoms with Crippen LogP contribution in [0.15, 0.2) is 71.3 Å². The third-order valence-electron chi connectivity index (χ3n) is 6.72. The first-order valence-corrected chi connectivity index (χ1v) is 11.6. The zero-order valence-corrected chi connectivity index (χ0v) is 20.8. The molecule has 1 atom stereocenters. The number of hydrogen-bond acceptors (Lipinski definition) is 3. The van der Waals surface area contributed by atoms with Crippen molar-refractivity contribution in [1.29, 1.82) is 0 Å². The lowest BCUT2D eigenvalue weighted by Gasteiger charge is -2.36. The van der Waals surface area contributed by atoms with Crippen molar-refractivity contribution in [3.63, 3.8) is 0 Å². The maximum Gasteiger partial charge on any atom is 0.231 e. The summed E-state index contributed by atoms with van der Waals surface area (Å²) in [6, 6.07) is 20.5. The van der Waals surface area contributed by atoms with Gasteiger partial charge in [0.1, 0.15) is 6.54 Å². The predicted molar refractivity (Wildman–Crippen MR) is 123 cm³/mol. The number of halogens is 1. The highest BCUT2D eigenvalue weighted by molar-refractivity contribution is 5.30. The van der Waals surface area contributed by atoms with E-state index >= 15 is 0 Å². The van der Waals surface area contributed by atoms with Crippen molar-refractivity contribution >= 4 is 0 Å².